The summed E-state index contributed by atoms with van der Waals surface area (Å²) < 4.78 is 11.5. The highest BCUT2D eigenvalue weighted by Gasteiger charge is 2.13. The number of oxazole rings is 1. The molecule has 4 rings (SSSR count). The molecule has 23 heavy (non-hydrogen) atoms. The van der Waals surface area contributed by atoms with Crippen molar-refractivity contribution in [3.8, 4) is 22.8 Å². The van der Waals surface area contributed by atoms with E-state index >= 15 is 0 Å². The van der Waals surface area contributed by atoms with Gasteiger partial charge in [0.05, 0.1) is 6.26 Å². The van der Waals surface area contributed by atoms with Gasteiger partial charge in [-0.25, -0.2) is 4.98 Å². The molecule has 0 spiro atoms. The fourth-order valence-corrected chi connectivity index (χ4v) is 2.95. The van der Waals surface area contributed by atoms with Crippen LogP contribution in [0.25, 0.3) is 33.9 Å². The van der Waals surface area contributed by atoms with E-state index in [0.29, 0.717) is 5.89 Å². The highest BCUT2D eigenvalue weighted by Crippen LogP contribution is 2.32. The van der Waals surface area contributed by atoms with Crippen LogP contribution in [-0.4, -0.2) is 4.98 Å². The molecule has 0 saturated heterocycles. The molecule has 0 aliphatic carbocycles. The lowest BCUT2D eigenvalue weighted by Crippen LogP contribution is -1.84. The third-order valence-electron chi connectivity index (χ3n) is 4.09. The quantitative estimate of drug-likeness (QED) is 0.478. The van der Waals surface area contributed by atoms with Crippen LogP contribution in [0.1, 0.15) is 16.7 Å². The summed E-state index contributed by atoms with van der Waals surface area (Å²) in [4.78, 5) is 4.66. The summed E-state index contributed by atoms with van der Waals surface area (Å²) in [7, 11) is 0. The predicted octanol–water partition coefficient (Wildman–Crippen LogP) is 5.68. The SMILES string of the molecule is Cc1cc(C)c2oc(-c3ccc(C)c(-c4ccco4)c3)nc2c1. The summed E-state index contributed by atoms with van der Waals surface area (Å²) >= 11 is 0. The molecule has 3 nitrogen and oxygen atoms in total. The minimum absolute atomic E-state index is 0.640. The van der Waals surface area contributed by atoms with Crippen LogP contribution in [-0.2, 0) is 0 Å². The molecule has 0 atom stereocenters. The first-order chi connectivity index (χ1) is 11.1. The molecule has 0 bridgehead atoms. The Bertz CT molecular complexity index is 994. The molecular formula is C20H17NO2. The zero-order valence-electron chi connectivity index (χ0n) is 13.4. The van der Waals surface area contributed by atoms with Gasteiger partial charge >= 0.3 is 0 Å². The van der Waals surface area contributed by atoms with Crippen molar-refractivity contribution in [2.45, 2.75) is 20.8 Å². The summed E-state index contributed by atoms with van der Waals surface area (Å²) in [5.41, 5.74) is 7.22. The number of benzene rings is 2. The highest BCUT2D eigenvalue weighted by molar-refractivity contribution is 5.81. The second-order valence-electron chi connectivity index (χ2n) is 5.96. The van der Waals surface area contributed by atoms with E-state index in [1.807, 2.05) is 25.1 Å². The van der Waals surface area contributed by atoms with Crippen LogP contribution >= 0.6 is 0 Å². The molecule has 0 saturated carbocycles. The largest absolute Gasteiger partial charge is 0.464 e. The first kappa shape index (κ1) is 13.8. The van der Waals surface area contributed by atoms with Crippen molar-refractivity contribution in [1.29, 1.82) is 0 Å². The number of furan rings is 1. The van der Waals surface area contributed by atoms with Gasteiger partial charge in [-0.3, -0.25) is 0 Å². The molecule has 114 valence electrons. The number of hydrogen-bond acceptors (Lipinski definition) is 3. The lowest BCUT2D eigenvalue weighted by Gasteiger charge is -2.04. The second-order valence-corrected chi connectivity index (χ2v) is 5.96. The van der Waals surface area contributed by atoms with E-state index < -0.39 is 0 Å². The Morgan fingerprint density at radius 3 is 2.57 bits per heavy atom. The number of rotatable bonds is 2. The van der Waals surface area contributed by atoms with Crippen molar-refractivity contribution in [3.63, 3.8) is 0 Å². The van der Waals surface area contributed by atoms with Crippen LogP contribution in [0.3, 0.4) is 0 Å². The Morgan fingerprint density at radius 2 is 1.78 bits per heavy atom. The minimum atomic E-state index is 0.640. The minimum Gasteiger partial charge on any atom is -0.464 e. The van der Waals surface area contributed by atoms with Crippen LogP contribution in [0.5, 0.6) is 0 Å². The molecule has 0 radical (unpaired) electrons. The van der Waals surface area contributed by atoms with E-state index in [0.717, 1.165) is 39.1 Å². The summed E-state index contributed by atoms with van der Waals surface area (Å²) in [5, 5.41) is 0. The van der Waals surface area contributed by atoms with E-state index in [1.54, 1.807) is 6.26 Å². The van der Waals surface area contributed by atoms with Crippen molar-refractivity contribution in [2.24, 2.45) is 0 Å². The van der Waals surface area contributed by atoms with E-state index in [4.69, 9.17) is 8.83 Å². The third-order valence-corrected chi connectivity index (χ3v) is 4.09. The van der Waals surface area contributed by atoms with Crippen molar-refractivity contribution in [1.82, 2.24) is 4.98 Å². The molecule has 0 N–H and O–H groups in total. The summed E-state index contributed by atoms with van der Waals surface area (Å²) in [6.07, 6.45) is 1.69. The Kier molecular flexibility index (Phi) is 3.08. The van der Waals surface area contributed by atoms with Gasteiger partial charge in [0, 0.05) is 11.1 Å². The molecule has 2 heterocycles. The monoisotopic (exact) mass is 303 g/mol. The van der Waals surface area contributed by atoms with Crippen LogP contribution in [0.15, 0.2) is 57.6 Å². The van der Waals surface area contributed by atoms with E-state index in [1.165, 1.54) is 5.56 Å². The number of aromatic nitrogens is 1. The van der Waals surface area contributed by atoms with Gasteiger partial charge in [0.2, 0.25) is 5.89 Å². The normalized spacial score (nSPS) is 11.3. The van der Waals surface area contributed by atoms with Crippen molar-refractivity contribution in [3.05, 3.63) is 65.4 Å². The molecule has 0 aliphatic heterocycles. The number of nitrogens with zero attached hydrogens (tertiary/aromatic N) is 1. The number of hydrogen-bond donors (Lipinski definition) is 0. The Labute approximate surface area is 134 Å². The fraction of sp³-hybridized carbons (Fsp3) is 0.150. The van der Waals surface area contributed by atoms with Gasteiger partial charge in [0.25, 0.3) is 0 Å². The topological polar surface area (TPSA) is 39.2 Å². The van der Waals surface area contributed by atoms with Crippen LogP contribution in [0.2, 0.25) is 0 Å². The molecular weight excluding hydrogens is 286 g/mol. The van der Waals surface area contributed by atoms with Gasteiger partial charge in [0.1, 0.15) is 11.3 Å². The van der Waals surface area contributed by atoms with Gasteiger partial charge in [-0.1, -0.05) is 12.1 Å². The van der Waals surface area contributed by atoms with Crippen molar-refractivity contribution >= 4 is 11.1 Å². The first-order valence-electron chi connectivity index (χ1n) is 7.64. The van der Waals surface area contributed by atoms with Gasteiger partial charge < -0.3 is 8.83 Å². The number of aryl methyl sites for hydroxylation is 3. The van der Waals surface area contributed by atoms with E-state index in [9.17, 15) is 0 Å². The van der Waals surface area contributed by atoms with Crippen molar-refractivity contribution < 1.29 is 8.83 Å². The third kappa shape index (κ3) is 2.34. The molecule has 2 aromatic carbocycles. The summed E-state index contributed by atoms with van der Waals surface area (Å²) in [5.74, 6) is 1.49. The van der Waals surface area contributed by atoms with Crippen LogP contribution < -0.4 is 0 Å². The fourth-order valence-electron chi connectivity index (χ4n) is 2.95. The van der Waals surface area contributed by atoms with Crippen molar-refractivity contribution in [2.75, 3.05) is 0 Å². The summed E-state index contributed by atoms with van der Waals surface area (Å²) in [6.45, 7) is 6.19. The first-order valence-corrected chi connectivity index (χ1v) is 7.64. The zero-order chi connectivity index (χ0) is 16.0. The lowest BCUT2D eigenvalue weighted by molar-refractivity contribution is 0.582. The molecule has 0 aliphatic rings. The average molecular weight is 303 g/mol. The molecule has 3 heteroatoms. The Balaban J connectivity index is 1.88. The molecule has 0 amide bonds. The lowest BCUT2D eigenvalue weighted by atomic mass is 10.0. The van der Waals surface area contributed by atoms with E-state index in [2.05, 4.69) is 43.1 Å². The maximum Gasteiger partial charge on any atom is 0.227 e. The van der Waals surface area contributed by atoms with Gasteiger partial charge in [-0.2, -0.15) is 0 Å². The smallest absolute Gasteiger partial charge is 0.227 e. The van der Waals surface area contributed by atoms with Gasteiger partial charge in [-0.15, -0.1) is 0 Å². The van der Waals surface area contributed by atoms with Gasteiger partial charge in [0.15, 0.2) is 5.58 Å². The Hall–Kier alpha value is -2.81. The standard InChI is InChI=1S/C20H17NO2/c1-12-9-14(3)19-17(10-12)21-20(23-19)15-7-6-13(2)16(11-15)18-5-4-8-22-18/h4-11H,1-3H3. The average Bonchev–Trinajstić information content (AvgIpc) is 3.16. The molecule has 0 unspecified atom stereocenters. The summed E-state index contributed by atoms with van der Waals surface area (Å²) in [6, 6.07) is 14.2. The number of fused-ring (bicyclic) bond motifs is 1. The molecule has 2 aromatic heterocycles. The zero-order valence-corrected chi connectivity index (χ0v) is 13.4. The molecule has 4 aromatic rings. The maximum absolute atomic E-state index is 6.01. The van der Waals surface area contributed by atoms with Crippen LogP contribution in [0, 0.1) is 20.8 Å². The van der Waals surface area contributed by atoms with E-state index in [-0.39, 0.29) is 0 Å². The van der Waals surface area contributed by atoms with Crippen LogP contribution in [0.4, 0.5) is 0 Å². The highest BCUT2D eigenvalue weighted by atomic mass is 16.3. The predicted molar refractivity (Wildman–Crippen MR) is 91.4 cm³/mol. The Morgan fingerprint density at radius 1 is 0.913 bits per heavy atom. The maximum atomic E-state index is 6.01. The van der Waals surface area contributed by atoms with Gasteiger partial charge in [-0.05, 0) is 67.8 Å². The second kappa shape index (κ2) is 5.13. The molecule has 0 fully saturated rings.